The molecule has 11 heteroatoms. The van der Waals surface area contributed by atoms with Gasteiger partial charge in [0.05, 0.1) is 17.1 Å². The standard InChI is InChI=1S/C24H22N4O6S/c1-5-35-24-25-22(32)21-17-8-6-7-9-18(17)27(13(2)29)23(28(21)26-24)16-10-11-19(33-14(3)30)20(12-16)34-15(4)31/h6-12,23H,5H2,1-4H3. The van der Waals surface area contributed by atoms with Crippen molar-refractivity contribution in [3.63, 3.8) is 0 Å². The number of ether oxygens (including phenoxy) is 2. The molecule has 35 heavy (non-hydrogen) atoms. The lowest BCUT2D eigenvalue weighted by Crippen LogP contribution is -2.58. The van der Waals surface area contributed by atoms with Crippen molar-refractivity contribution < 1.29 is 33.6 Å². The topological polar surface area (TPSA) is 126 Å². The molecular weight excluding hydrogens is 472 g/mol. The Labute approximate surface area is 205 Å². The maximum atomic E-state index is 13.1. The Morgan fingerprint density at radius 2 is 1.74 bits per heavy atom. The normalized spacial score (nSPS) is 14.1. The van der Waals surface area contributed by atoms with Crippen LogP contribution in [0.5, 0.6) is 17.4 Å². The van der Waals surface area contributed by atoms with Crippen LogP contribution >= 0.6 is 11.8 Å². The number of carbonyl (C=O) groups is 3. The van der Waals surface area contributed by atoms with Crippen molar-refractivity contribution in [3.05, 3.63) is 48.0 Å². The van der Waals surface area contributed by atoms with Gasteiger partial charge in [-0.15, -0.1) is 0 Å². The number of aromatic nitrogens is 3. The number of nitrogens with zero attached hydrogens (tertiary/aromatic N) is 4. The molecule has 0 fully saturated rings. The highest BCUT2D eigenvalue weighted by Gasteiger charge is 2.44. The quantitative estimate of drug-likeness (QED) is 0.227. The molecule has 0 spiro atoms. The number of esters is 2. The molecule has 0 bridgehead atoms. The minimum atomic E-state index is -0.898. The van der Waals surface area contributed by atoms with Gasteiger partial charge in [0.1, 0.15) is 0 Å². The van der Waals surface area contributed by atoms with E-state index in [0.717, 1.165) is 0 Å². The number of hydrogen-bond acceptors (Lipinski definition) is 9. The van der Waals surface area contributed by atoms with Crippen LogP contribution in [0, 0.1) is 0 Å². The fourth-order valence-electron chi connectivity index (χ4n) is 3.92. The Bertz CT molecular complexity index is 1350. The van der Waals surface area contributed by atoms with Crippen LogP contribution in [0.15, 0.2) is 47.6 Å². The molecule has 180 valence electrons. The summed E-state index contributed by atoms with van der Waals surface area (Å²) in [7, 11) is 0. The van der Waals surface area contributed by atoms with E-state index in [1.54, 1.807) is 30.3 Å². The van der Waals surface area contributed by atoms with Gasteiger partial charge in [-0.3, -0.25) is 14.4 Å². The van der Waals surface area contributed by atoms with Crippen molar-refractivity contribution in [3.8, 4) is 28.6 Å². The second-order valence-electron chi connectivity index (χ2n) is 7.60. The summed E-state index contributed by atoms with van der Waals surface area (Å²) in [6.07, 6.45) is -0.898. The highest BCUT2D eigenvalue weighted by Crippen LogP contribution is 2.42. The van der Waals surface area contributed by atoms with Gasteiger partial charge in [-0.05, 0) is 36.1 Å². The molecule has 0 N–H and O–H groups in total. The SMILES string of the molecule is CCSc1nc([O-])c2[n+](n1)C(c1ccc(OC(C)=O)c(OC(C)=O)c1)N(C(C)=O)c1ccccc1-2. The second kappa shape index (κ2) is 9.71. The number of fused-ring (bicyclic) bond motifs is 3. The van der Waals surface area contributed by atoms with E-state index in [1.165, 1.54) is 54.2 Å². The molecule has 1 atom stereocenters. The molecule has 0 saturated carbocycles. The van der Waals surface area contributed by atoms with Crippen molar-refractivity contribution in [2.45, 2.75) is 39.0 Å². The summed E-state index contributed by atoms with van der Waals surface area (Å²) in [5.74, 6) is -1.30. The van der Waals surface area contributed by atoms with Gasteiger partial charge in [0.25, 0.3) is 17.0 Å². The van der Waals surface area contributed by atoms with Crippen molar-refractivity contribution >= 4 is 35.3 Å². The molecule has 10 nitrogen and oxygen atoms in total. The fraction of sp³-hybridized carbons (Fsp3) is 0.250. The van der Waals surface area contributed by atoms with Gasteiger partial charge in [-0.25, -0.2) is 9.88 Å². The monoisotopic (exact) mass is 494 g/mol. The molecule has 4 rings (SSSR count). The van der Waals surface area contributed by atoms with Crippen LogP contribution in [0.1, 0.15) is 39.4 Å². The van der Waals surface area contributed by atoms with Gasteiger partial charge in [-0.1, -0.05) is 35.5 Å². The average Bonchev–Trinajstić information content (AvgIpc) is 2.78. The van der Waals surface area contributed by atoms with Crippen molar-refractivity contribution in [1.82, 2.24) is 10.1 Å². The summed E-state index contributed by atoms with van der Waals surface area (Å²) in [5.41, 5.74) is 1.73. The van der Waals surface area contributed by atoms with Gasteiger partial charge in [-0.2, -0.15) is 0 Å². The van der Waals surface area contributed by atoms with Gasteiger partial charge in [0, 0.05) is 31.4 Å². The van der Waals surface area contributed by atoms with Crippen LogP contribution in [0.3, 0.4) is 0 Å². The van der Waals surface area contributed by atoms with E-state index < -0.39 is 24.0 Å². The van der Waals surface area contributed by atoms with E-state index in [9.17, 15) is 19.5 Å². The zero-order valence-electron chi connectivity index (χ0n) is 19.5. The number of hydrogen-bond donors (Lipinski definition) is 0. The summed E-state index contributed by atoms with van der Waals surface area (Å²) < 4.78 is 11.9. The molecule has 3 aromatic rings. The van der Waals surface area contributed by atoms with Crippen LogP contribution in [0.25, 0.3) is 11.3 Å². The summed E-state index contributed by atoms with van der Waals surface area (Å²) in [5, 5.41) is 18.0. The van der Waals surface area contributed by atoms with Crippen LogP contribution in [0.4, 0.5) is 5.69 Å². The first-order chi connectivity index (χ1) is 16.7. The molecule has 1 amide bonds. The molecule has 0 saturated heterocycles. The van der Waals surface area contributed by atoms with E-state index in [1.807, 2.05) is 6.92 Å². The summed E-state index contributed by atoms with van der Waals surface area (Å²) >= 11 is 1.30. The zero-order valence-corrected chi connectivity index (χ0v) is 20.3. The first kappa shape index (κ1) is 24.1. The highest BCUT2D eigenvalue weighted by molar-refractivity contribution is 7.99. The van der Waals surface area contributed by atoms with Crippen LogP contribution in [-0.4, -0.2) is 33.7 Å². The predicted molar refractivity (Wildman–Crippen MR) is 124 cm³/mol. The number of benzene rings is 2. The summed E-state index contributed by atoms with van der Waals surface area (Å²) in [4.78, 5) is 41.9. The Morgan fingerprint density at radius 1 is 1.06 bits per heavy atom. The molecule has 1 aliphatic heterocycles. The van der Waals surface area contributed by atoms with E-state index in [2.05, 4.69) is 10.1 Å². The first-order valence-electron chi connectivity index (χ1n) is 10.7. The van der Waals surface area contributed by atoms with Crippen LogP contribution in [0.2, 0.25) is 0 Å². The lowest BCUT2D eigenvalue weighted by Gasteiger charge is -2.33. The highest BCUT2D eigenvalue weighted by atomic mass is 32.2. The Kier molecular flexibility index (Phi) is 6.70. The van der Waals surface area contributed by atoms with E-state index in [-0.39, 0.29) is 28.3 Å². The van der Waals surface area contributed by atoms with Crippen LogP contribution < -0.4 is 24.2 Å². The van der Waals surface area contributed by atoms with Gasteiger partial charge in [0.15, 0.2) is 11.5 Å². The molecule has 1 unspecified atom stereocenters. The van der Waals surface area contributed by atoms with Gasteiger partial charge < -0.3 is 14.6 Å². The Balaban J connectivity index is 2.00. The Hall–Kier alpha value is -3.99. The summed E-state index contributed by atoms with van der Waals surface area (Å²) in [6, 6.07) is 11.6. The summed E-state index contributed by atoms with van der Waals surface area (Å²) in [6.45, 7) is 5.78. The van der Waals surface area contributed by atoms with Crippen molar-refractivity contribution in [2.24, 2.45) is 0 Å². The minimum Gasteiger partial charge on any atom is -0.854 e. The molecule has 1 aliphatic rings. The largest absolute Gasteiger partial charge is 0.854 e. The number of carbonyl (C=O) groups excluding carboxylic acids is 3. The third kappa shape index (κ3) is 4.67. The predicted octanol–water partition coefficient (Wildman–Crippen LogP) is 2.38. The fourth-order valence-corrected chi connectivity index (χ4v) is 4.48. The molecular formula is C24H22N4O6S. The van der Waals surface area contributed by atoms with E-state index in [0.29, 0.717) is 22.6 Å². The van der Waals surface area contributed by atoms with Gasteiger partial charge >= 0.3 is 11.9 Å². The number of rotatable bonds is 5. The Morgan fingerprint density at radius 3 is 2.40 bits per heavy atom. The van der Waals surface area contributed by atoms with Crippen molar-refractivity contribution in [2.75, 3.05) is 10.7 Å². The average molecular weight is 495 g/mol. The van der Waals surface area contributed by atoms with E-state index >= 15 is 0 Å². The number of anilines is 1. The zero-order chi connectivity index (χ0) is 25.3. The minimum absolute atomic E-state index is 0.00531. The van der Waals surface area contributed by atoms with Gasteiger partial charge in [0.2, 0.25) is 5.91 Å². The lowest BCUT2D eigenvalue weighted by molar-refractivity contribution is -0.764. The first-order valence-corrected chi connectivity index (χ1v) is 11.7. The van der Waals surface area contributed by atoms with Crippen molar-refractivity contribution in [1.29, 1.82) is 0 Å². The van der Waals surface area contributed by atoms with E-state index in [4.69, 9.17) is 9.47 Å². The third-order valence-electron chi connectivity index (χ3n) is 5.10. The molecule has 2 heterocycles. The third-order valence-corrected chi connectivity index (χ3v) is 5.82. The number of amides is 1. The smallest absolute Gasteiger partial charge is 0.308 e. The van der Waals surface area contributed by atoms with Crippen LogP contribution in [-0.2, 0) is 14.4 Å². The molecule has 0 radical (unpaired) electrons. The maximum Gasteiger partial charge on any atom is 0.308 e. The molecule has 2 aromatic carbocycles. The number of thioether (sulfide) groups is 1. The lowest BCUT2D eigenvalue weighted by atomic mass is 10.0. The molecule has 1 aromatic heterocycles. The second-order valence-corrected chi connectivity index (χ2v) is 8.83. The maximum absolute atomic E-state index is 13.1. The number of para-hydroxylation sites is 1. The molecule has 0 aliphatic carbocycles.